The molecule has 0 saturated heterocycles. The molecule has 0 aliphatic carbocycles. The second-order valence-electron chi connectivity index (χ2n) is 8.08. The van der Waals surface area contributed by atoms with Gasteiger partial charge in [-0.3, -0.25) is 19.0 Å². The Morgan fingerprint density at radius 1 is 1.16 bits per heavy atom. The highest BCUT2D eigenvalue weighted by molar-refractivity contribution is 7.21. The molecule has 0 aromatic carbocycles. The van der Waals surface area contributed by atoms with Crippen molar-refractivity contribution in [2.45, 2.75) is 46.5 Å². The van der Waals surface area contributed by atoms with E-state index in [0.29, 0.717) is 17.8 Å². The monoisotopic (exact) mass is 541 g/mol. The topological polar surface area (TPSA) is 121 Å². The first-order valence-electron chi connectivity index (χ1n) is 10.8. The number of pyridine rings is 1. The number of aryl methyl sites for hydroxylation is 2. The summed E-state index contributed by atoms with van der Waals surface area (Å²) in [6.45, 7) is 4.83. The number of alkyl halides is 5. The number of hydrogen-bond acceptors (Lipinski definition) is 6. The fraction of sp³-hybridized carbons (Fsp3) is 0.318. The minimum absolute atomic E-state index is 0.0233. The molecule has 4 rings (SSSR count). The molecule has 0 spiro atoms. The van der Waals surface area contributed by atoms with Crippen LogP contribution in [0.4, 0.5) is 27.6 Å². The van der Waals surface area contributed by atoms with Crippen molar-refractivity contribution in [3.8, 4) is 11.1 Å². The number of hydrogen-bond donors (Lipinski definition) is 2. The Bertz CT molecular complexity index is 1520. The maximum Gasteiger partial charge on any atom is 0.435 e. The number of halogens is 5. The van der Waals surface area contributed by atoms with E-state index in [1.54, 1.807) is 11.6 Å². The standard InChI is InChI=1S/C22H20F5N7O2S/c1-4-33-10(3)12(7-29-33)11-6-13(19(23)24)30-21-16(11)17(18(37-21)20(28)36)31-15(35)8-34-9(2)5-14(32-34)22(25,26)27/h5-7,19H,4,8H2,1-3H3,(H2,28,36)(H,31,35). The third-order valence-electron chi connectivity index (χ3n) is 5.65. The first-order chi connectivity index (χ1) is 17.3. The van der Waals surface area contributed by atoms with Gasteiger partial charge in [-0.2, -0.15) is 23.4 Å². The number of nitrogens with zero attached hydrogens (tertiary/aromatic N) is 5. The molecule has 0 bridgehead atoms. The molecule has 37 heavy (non-hydrogen) atoms. The Morgan fingerprint density at radius 2 is 1.86 bits per heavy atom. The predicted octanol–water partition coefficient (Wildman–Crippen LogP) is 4.69. The van der Waals surface area contributed by atoms with E-state index in [0.717, 1.165) is 28.2 Å². The molecule has 196 valence electrons. The van der Waals surface area contributed by atoms with E-state index in [4.69, 9.17) is 5.73 Å². The number of nitrogens with two attached hydrogens (primary N) is 1. The molecule has 3 N–H and O–H groups in total. The lowest BCUT2D eigenvalue weighted by Gasteiger charge is -2.11. The van der Waals surface area contributed by atoms with Crippen LogP contribution in [0.2, 0.25) is 0 Å². The number of aromatic nitrogens is 5. The van der Waals surface area contributed by atoms with Gasteiger partial charge in [0.25, 0.3) is 12.3 Å². The van der Waals surface area contributed by atoms with Gasteiger partial charge in [0, 0.05) is 28.9 Å². The van der Waals surface area contributed by atoms with Crippen LogP contribution in [0.25, 0.3) is 21.3 Å². The van der Waals surface area contributed by atoms with Gasteiger partial charge in [-0.25, -0.2) is 13.8 Å². The molecular weight excluding hydrogens is 521 g/mol. The Kier molecular flexibility index (Phi) is 6.75. The summed E-state index contributed by atoms with van der Waals surface area (Å²) >= 11 is 0.718. The molecule has 4 heterocycles. The Balaban J connectivity index is 1.84. The van der Waals surface area contributed by atoms with Gasteiger partial charge in [0.15, 0.2) is 5.69 Å². The lowest BCUT2D eigenvalue weighted by Crippen LogP contribution is -2.22. The van der Waals surface area contributed by atoms with Crippen LogP contribution in [0.3, 0.4) is 0 Å². The number of thiophene rings is 1. The Morgan fingerprint density at radius 3 is 2.41 bits per heavy atom. The number of fused-ring (bicyclic) bond motifs is 1. The van der Waals surface area contributed by atoms with Crippen molar-refractivity contribution >= 4 is 39.1 Å². The fourth-order valence-electron chi connectivity index (χ4n) is 3.89. The van der Waals surface area contributed by atoms with Crippen molar-refractivity contribution < 1.29 is 31.5 Å². The van der Waals surface area contributed by atoms with E-state index in [9.17, 15) is 31.5 Å². The van der Waals surface area contributed by atoms with Crippen molar-refractivity contribution in [1.82, 2.24) is 24.5 Å². The number of rotatable bonds is 7. The van der Waals surface area contributed by atoms with Crippen LogP contribution in [0.5, 0.6) is 0 Å². The number of amides is 2. The van der Waals surface area contributed by atoms with Crippen LogP contribution in [0, 0.1) is 13.8 Å². The maximum atomic E-state index is 13.7. The van der Waals surface area contributed by atoms with Crippen molar-refractivity contribution in [2.75, 3.05) is 5.32 Å². The predicted molar refractivity (Wildman–Crippen MR) is 125 cm³/mol. The summed E-state index contributed by atoms with van der Waals surface area (Å²) in [5, 5.41) is 10.4. The maximum absolute atomic E-state index is 13.7. The molecule has 0 radical (unpaired) electrons. The molecule has 0 aliphatic rings. The summed E-state index contributed by atoms with van der Waals surface area (Å²) in [5.41, 5.74) is 5.16. The molecular formula is C22H20F5N7O2S. The molecule has 9 nitrogen and oxygen atoms in total. The zero-order chi connectivity index (χ0) is 27.2. The highest BCUT2D eigenvalue weighted by Gasteiger charge is 2.34. The number of primary amides is 1. The smallest absolute Gasteiger partial charge is 0.365 e. The molecule has 0 fully saturated rings. The van der Waals surface area contributed by atoms with Gasteiger partial charge in [0.05, 0.1) is 11.9 Å². The average molecular weight is 542 g/mol. The van der Waals surface area contributed by atoms with Crippen LogP contribution in [-0.2, 0) is 24.1 Å². The van der Waals surface area contributed by atoms with Gasteiger partial charge in [-0.15, -0.1) is 11.3 Å². The first-order valence-corrected chi connectivity index (χ1v) is 11.6. The summed E-state index contributed by atoms with van der Waals surface area (Å²) in [6, 6.07) is 1.95. The number of anilines is 1. The highest BCUT2D eigenvalue weighted by atomic mass is 32.1. The van der Waals surface area contributed by atoms with Crippen molar-refractivity contribution in [2.24, 2.45) is 5.73 Å². The van der Waals surface area contributed by atoms with Crippen LogP contribution in [-0.4, -0.2) is 36.4 Å². The quantitative estimate of drug-likeness (QED) is 0.329. The minimum atomic E-state index is -4.70. The third kappa shape index (κ3) is 4.90. The number of carbonyl (C=O) groups is 2. The second kappa shape index (κ2) is 9.53. The second-order valence-corrected chi connectivity index (χ2v) is 9.08. The van der Waals surface area contributed by atoms with E-state index < -0.39 is 42.3 Å². The van der Waals surface area contributed by atoms with Crippen LogP contribution in [0.1, 0.15) is 45.8 Å². The zero-order valence-corrected chi connectivity index (χ0v) is 20.5. The van der Waals surface area contributed by atoms with Crippen molar-refractivity contribution in [3.05, 3.63) is 46.0 Å². The molecule has 0 aliphatic heterocycles. The van der Waals surface area contributed by atoms with E-state index in [2.05, 4.69) is 20.5 Å². The minimum Gasteiger partial charge on any atom is -0.365 e. The van der Waals surface area contributed by atoms with Gasteiger partial charge in [-0.05, 0) is 38.5 Å². The summed E-state index contributed by atoms with van der Waals surface area (Å²) in [6.07, 6.45) is -6.15. The molecule has 2 amide bonds. The van der Waals surface area contributed by atoms with Gasteiger partial charge in [0.1, 0.15) is 21.9 Å². The molecule has 4 aromatic heterocycles. The number of carbonyl (C=O) groups excluding carboxylic acids is 2. The van der Waals surface area contributed by atoms with Crippen LogP contribution in [0.15, 0.2) is 18.3 Å². The summed E-state index contributed by atoms with van der Waals surface area (Å²) < 4.78 is 68.9. The van der Waals surface area contributed by atoms with E-state index >= 15 is 0 Å². The van der Waals surface area contributed by atoms with E-state index in [-0.39, 0.29) is 32.0 Å². The lowest BCUT2D eigenvalue weighted by atomic mass is 10.0. The summed E-state index contributed by atoms with van der Waals surface area (Å²) in [7, 11) is 0. The van der Waals surface area contributed by atoms with E-state index in [1.165, 1.54) is 13.1 Å². The van der Waals surface area contributed by atoms with Gasteiger partial charge in [0.2, 0.25) is 5.91 Å². The van der Waals surface area contributed by atoms with Gasteiger partial charge >= 0.3 is 6.18 Å². The van der Waals surface area contributed by atoms with Crippen LogP contribution < -0.4 is 11.1 Å². The largest absolute Gasteiger partial charge is 0.435 e. The lowest BCUT2D eigenvalue weighted by molar-refractivity contribution is -0.141. The Labute approximate surface area is 210 Å². The zero-order valence-electron chi connectivity index (χ0n) is 19.7. The normalized spacial score (nSPS) is 12.0. The van der Waals surface area contributed by atoms with Gasteiger partial charge < -0.3 is 11.1 Å². The fourth-order valence-corrected chi connectivity index (χ4v) is 4.90. The van der Waals surface area contributed by atoms with E-state index in [1.807, 2.05) is 6.92 Å². The number of nitrogens with one attached hydrogen (secondary N) is 1. The molecule has 4 aromatic rings. The molecule has 0 atom stereocenters. The van der Waals surface area contributed by atoms with Crippen LogP contribution >= 0.6 is 11.3 Å². The summed E-state index contributed by atoms with van der Waals surface area (Å²) in [4.78, 5) is 28.9. The van der Waals surface area contributed by atoms with Crippen molar-refractivity contribution in [1.29, 1.82) is 0 Å². The highest BCUT2D eigenvalue weighted by Crippen LogP contribution is 2.43. The Hall–Kier alpha value is -3.88. The van der Waals surface area contributed by atoms with Gasteiger partial charge in [-0.1, -0.05) is 0 Å². The van der Waals surface area contributed by atoms with Crippen molar-refractivity contribution in [3.63, 3.8) is 0 Å². The average Bonchev–Trinajstić information content (AvgIpc) is 3.48. The molecule has 0 unspecified atom stereocenters. The SMILES string of the molecule is CCn1ncc(-c2cc(C(F)F)nc3sc(C(N)=O)c(NC(=O)Cn4nc(C(F)(F)F)cc4C)c23)c1C. The summed E-state index contributed by atoms with van der Waals surface area (Å²) in [5.74, 6) is -1.76. The first kappa shape index (κ1) is 26.2. The molecule has 0 saturated carbocycles. The third-order valence-corrected chi connectivity index (χ3v) is 6.75. The molecule has 15 heteroatoms.